The van der Waals surface area contributed by atoms with Crippen LogP contribution in [0.2, 0.25) is 5.02 Å². The third-order valence-corrected chi connectivity index (χ3v) is 5.85. The van der Waals surface area contributed by atoms with Crippen molar-refractivity contribution < 1.29 is 14.4 Å². The van der Waals surface area contributed by atoms with E-state index in [2.05, 4.69) is 41.6 Å². The fourth-order valence-electron chi connectivity index (χ4n) is 3.58. The van der Waals surface area contributed by atoms with Crippen LogP contribution in [-0.2, 0) is 0 Å². The second kappa shape index (κ2) is 8.27. The maximum Gasteiger partial charge on any atom is 0.255 e. The maximum atomic E-state index is 13.4. The van der Waals surface area contributed by atoms with Crippen molar-refractivity contribution in [2.24, 2.45) is 0 Å². The molecule has 1 aliphatic heterocycles. The van der Waals surface area contributed by atoms with Crippen LogP contribution in [0.25, 0.3) is 11.0 Å². The van der Waals surface area contributed by atoms with Crippen molar-refractivity contribution >= 4 is 55.8 Å². The van der Waals surface area contributed by atoms with Gasteiger partial charge in [-0.1, -0.05) is 11.6 Å². The molecule has 1 amide bonds. The SMILES string of the molecule is O=C(Nc1c[nH]c2ncc(Br)c(N3CCCC(NO)C3)c12)c1ccc(F)c(Cl)c1. The molecule has 1 unspecified atom stereocenters. The average molecular weight is 483 g/mol. The van der Waals surface area contributed by atoms with Crippen molar-refractivity contribution in [2.45, 2.75) is 18.9 Å². The van der Waals surface area contributed by atoms with Gasteiger partial charge in [0.1, 0.15) is 11.5 Å². The highest BCUT2D eigenvalue weighted by atomic mass is 79.9. The molecule has 3 heterocycles. The molecule has 0 aliphatic carbocycles. The maximum absolute atomic E-state index is 13.4. The van der Waals surface area contributed by atoms with Crippen molar-refractivity contribution in [3.63, 3.8) is 0 Å². The molecular formula is C19H18BrClFN5O2. The second-order valence-electron chi connectivity index (χ2n) is 6.88. The summed E-state index contributed by atoms with van der Waals surface area (Å²) in [5.74, 6) is -0.991. The number of hydrogen-bond donors (Lipinski definition) is 4. The molecule has 152 valence electrons. The van der Waals surface area contributed by atoms with E-state index in [1.165, 1.54) is 12.1 Å². The standard InChI is InChI=1S/C19H18BrClFN5O2/c20-12-7-23-18-16(17(12)27-5-1-2-11(9-27)26-29)15(8-24-18)25-19(28)10-3-4-14(22)13(21)6-10/h3-4,6-8,11,26,29H,1-2,5,9H2,(H,23,24)(H,25,28). The number of halogens is 3. The van der Waals surface area contributed by atoms with Crippen molar-refractivity contribution in [2.75, 3.05) is 23.3 Å². The van der Waals surface area contributed by atoms with E-state index < -0.39 is 11.7 Å². The fraction of sp³-hybridized carbons (Fsp3) is 0.263. The quantitative estimate of drug-likeness (QED) is 0.416. The molecule has 2 aromatic heterocycles. The van der Waals surface area contributed by atoms with E-state index in [0.29, 0.717) is 17.9 Å². The van der Waals surface area contributed by atoms with E-state index in [0.717, 1.165) is 41.0 Å². The van der Waals surface area contributed by atoms with Gasteiger partial charge in [-0.25, -0.2) is 14.9 Å². The number of anilines is 2. The zero-order chi connectivity index (χ0) is 20.5. The zero-order valence-corrected chi connectivity index (χ0v) is 17.5. The first-order valence-corrected chi connectivity index (χ1v) is 10.2. The van der Waals surface area contributed by atoms with Gasteiger partial charge in [0.15, 0.2) is 0 Å². The van der Waals surface area contributed by atoms with E-state index in [1.54, 1.807) is 12.4 Å². The number of piperidine rings is 1. The largest absolute Gasteiger partial charge is 0.368 e. The fourth-order valence-corrected chi connectivity index (χ4v) is 4.31. The number of carbonyl (C=O) groups excluding carboxylic acids is 1. The number of H-pyrrole nitrogens is 1. The summed E-state index contributed by atoms with van der Waals surface area (Å²) in [7, 11) is 0. The number of amides is 1. The van der Waals surface area contributed by atoms with Crippen LogP contribution in [0, 0.1) is 5.82 Å². The number of aromatic nitrogens is 2. The summed E-state index contributed by atoms with van der Waals surface area (Å²) in [6.45, 7) is 1.42. The summed E-state index contributed by atoms with van der Waals surface area (Å²) in [5, 5.41) is 12.8. The summed E-state index contributed by atoms with van der Waals surface area (Å²) in [6.07, 6.45) is 5.16. The molecule has 0 saturated carbocycles. The topological polar surface area (TPSA) is 93.3 Å². The number of benzene rings is 1. The van der Waals surface area contributed by atoms with Crippen LogP contribution in [0.1, 0.15) is 23.2 Å². The lowest BCUT2D eigenvalue weighted by molar-refractivity contribution is 0.102. The molecule has 4 rings (SSSR count). The van der Waals surface area contributed by atoms with Gasteiger partial charge < -0.3 is 20.4 Å². The van der Waals surface area contributed by atoms with E-state index in [-0.39, 0.29) is 16.6 Å². The number of nitrogens with zero attached hydrogens (tertiary/aromatic N) is 2. The van der Waals surface area contributed by atoms with E-state index in [4.69, 9.17) is 11.6 Å². The molecule has 1 fully saturated rings. The minimum atomic E-state index is -0.581. The van der Waals surface area contributed by atoms with Gasteiger partial charge in [0.2, 0.25) is 0 Å². The van der Waals surface area contributed by atoms with Gasteiger partial charge in [-0.05, 0) is 47.0 Å². The molecule has 29 heavy (non-hydrogen) atoms. The number of fused-ring (bicyclic) bond motifs is 1. The molecular weight excluding hydrogens is 465 g/mol. The molecule has 1 aliphatic rings. The molecule has 0 bridgehead atoms. The van der Waals surface area contributed by atoms with E-state index in [9.17, 15) is 14.4 Å². The molecule has 4 N–H and O–H groups in total. The van der Waals surface area contributed by atoms with E-state index >= 15 is 0 Å². The van der Waals surface area contributed by atoms with Gasteiger partial charge in [0, 0.05) is 37.1 Å². The Bertz CT molecular complexity index is 1080. The second-order valence-corrected chi connectivity index (χ2v) is 8.14. The van der Waals surface area contributed by atoms with Gasteiger partial charge in [0.05, 0.1) is 26.3 Å². The lowest BCUT2D eigenvalue weighted by Crippen LogP contribution is -2.44. The Morgan fingerprint density at radius 2 is 2.28 bits per heavy atom. The highest BCUT2D eigenvalue weighted by Gasteiger charge is 2.25. The van der Waals surface area contributed by atoms with Crippen molar-refractivity contribution in [3.8, 4) is 0 Å². The smallest absolute Gasteiger partial charge is 0.255 e. The first kappa shape index (κ1) is 20.1. The Morgan fingerprint density at radius 1 is 1.45 bits per heavy atom. The van der Waals surface area contributed by atoms with Crippen LogP contribution in [0.4, 0.5) is 15.8 Å². The Labute approximate surface area is 179 Å². The van der Waals surface area contributed by atoms with Gasteiger partial charge in [-0.15, -0.1) is 0 Å². The molecule has 1 saturated heterocycles. The number of nitrogens with one attached hydrogen (secondary N) is 3. The summed E-state index contributed by atoms with van der Waals surface area (Å²) in [6, 6.07) is 3.78. The third kappa shape index (κ3) is 3.95. The highest BCUT2D eigenvalue weighted by Crippen LogP contribution is 2.39. The minimum Gasteiger partial charge on any atom is -0.368 e. The van der Waals surface area contributed by atoms with Gasteiger partial charge >= 0.3 is 0 Å². The normalized spacial score (nSPS) is 17.0. The van der Waals surface area contributed by atoms with E-state index in [1.807, 2.05) is 0 Å². The molecule has 10 heteroatoms. The summed E-state index contributed by atoms with van der Waals surface area (Å²) in [5.41, 5.74) is 4.65. The molecule has 1 atom stereocenters. The lowest BCUT2D eigenvalue weighted by atomic mass is 10.0. The first-order valence-electron chi connectivity index (χ1n) is 9.04. The first-order chi connectivity index (χ1) is 14.0. The van der Waals surface area contributed by atoms with Crippen LogP contribution >= 0.6 is 27.5 Å². The number of rotatable bonds is 4. The monoisotopic (exact) mass is 481 g/mol. The molecule has 3 aromatic rings. The summed E-state index contributed by atoms with van der Waals surface area (Å²) in [4.78, 5) is 22.3. The van der Waals surface area contributed by atoms with Gasteiger partial charge in [-0.2, -0.15) is 0 Å². The molecule has 7 nitrogen and oxygen atoms in total. The average Bonchev–Trinajstić information content (AvgIpc) is 3.12. The summed E-state index contributed by atoms with van der Waals surface area (Å²) < 4.78 is 14.2. The zero-order valence-electron chi connectivity index (χ0n) is 15.2. The van der Waals surface area contributed by atoms with Crippen molar-refractivity contribution in [1.29, 1.82) is 0 Å². The van der Waals surface area contributed by atoms with Crippen LogP contribution in [0.5, 0.6) is 0 Å². The number of carbonyl (C=O) groups is 1. The number of aromatic amines is 1. The minimum absolute atomic E-state index is 0.0443. The van der Waals surface area contributed by atoms with Crippen molar-refractivity contribution in [1.82, 2.24) is 15.4 Å². The van der Waals surface area contributed by atoms with Crippen molar-refractivity contribution in [3.05, 3.63) is 51.5 Å². The Balaban J connectivity index is 1.71. The van der Waals surface area contributed by atoms with Crippen LogP contribution in [0.15, 0.2) is 35.1 Å². The third-order valence-electron chi connectivity index (χ3n) is 4.98. The Kier molecular flexibility index (Phi) is 5.73. The highest BCUT2D eigenvalue weighted by molar-refractivity contribution is 9.10. The predicted molar refractivity (Wildman–Crippen MR) is 113 cm³/mol. The van der Waals surface area contributed by atoms with Gasteiger partial charge in [0.25, 0.3) is 5.91 Å². The predicted octanol–water partition coefficient (Wildman–Crippen LogP) is 4.32. The molecule has 0 spiro atoms. The Hall–Kier alpha value is -2.20. The Morgan fingerprint density at radius 3 is 3.03 bits per heavy atom. The summed E-state index contributed by atoms with van der Waals surface area (Å²) >= 11 is 9.37. The lowest BCUT2D eigenvalue weighted by Gasteiger charge is -2.34. The van der Waals surface area contributed by atoms with Crippen LogP contribution in [-0.4, -0.2) is 40.2 Å². The number of hydroxylamine groups is 1. The van der Waals surface area contributed by atoms with Gasteiger partial charge in [-0.3, -0.25) is 4.79 Å². The van der Waals surface area contributed by atoms with Crippen LogP contribution in [0.3, 0.4) is 0 Å². The van der Waals surface area contributed by atoms with Crippen LogP contribution < -0.4 is 15.7 Å². The number of pyridine rings is 1. The molecule has 0 radical (unpaired) electrons. The molecule has 1 aromatic carbocycles. The number of hydrogen-bond acceptors (Lipinski definition) is 5.